The quantitative estimate of drug-likeness (QED) is 0.137. The topological polar surface area (TPSA) is 46.1 Å². The lowest BCUT2D eigenvalue weighted by Gasteiger charge is -2.21. The van der Waals surface area contributed by atoms with Crippen LogP contribution in [0.3, 0.4) is 0 Å². The fourth-order valence-corrected chi connectivity index (χ4v) is 10.4. The molecule has 0 bridgehead atoms. The predicted molar refractivity (Wildman–Crippen MR) is 259 cm³/mol. The van der Waals surface area contributed by atoms with Gasteiger partial charge in [-0.2, -0.15) is 0 Å². The second-order valence-corrected chi connectivity index (χ2v) is 17.0. The first-order chi connectivity index (χ1) is 29.9. The van der Waals surface area contributed by atoms with Crippen molar-refractivity contribution in [1.82, 2.24) is 9.13 Å². The van der Waals surface area contributed by atoms with E-state index in [9.17, 15) is 5.41 Å². The van der Waals surface area contributed by atoms with Gasteiger partial charge >= 0.3 is 0 Å². The Labute approximate surface area is 354 Å². The Hall–Kier alpha value is -7.56. The summed E-state index contributed by atoms with van der Waals surface area (Å²) >= 11 is 0. The van der Waals surface area contributed by atoms with Gasteiger partial charge in [0.2, 0.25) is 5.96 Å². The molecule has 0 unspecified atom stereocenters. The lowest BCUT2D eigenvalue weighted by Crippen LogP contribution is -2.15. The van der Waals surface area contributed by atoms with E-state index in [1.54, 1.807) is 0 Å². The van der Waals surface area contributed by atoms with Crippen LogP contribution in [0.15, 0.2) is 193 Å². The van der Waals surface area contributed by atoms with E-state index in [1.165, 1.54) is 55.1 Å². The van der Waals surface area contributed by atoms with Crippen molar-refractivity contribution in [2.24, 2.45) is 4.99 Å². The SMILES string of the molecule is CC1(C)c2ccccc2-c2ccc(/C=C3\C=CC=C\C3=N\C(=N)n3c4ccccc4c4c5ccccc5c(-c5ccc6c7ccccc7n(C7=CC=CCC7)c6c5)cc43)cc21. The Bertz CT molecular complexity index is 3570. The first-order valence-electron chi connectivity index (χ1n) is 21.3. The van der Waals surface area contributed by atoms with E-state index >= 15 is 0 Å². The van der Waals surface area contributed by atoms with Crippen molar-refractivity contribution in [3.8, 4) is 22.3 Å². The number of nitrogens with zero attached hydrogens (tertiary/aromatic N) is 3. The van der Waals surface area contributed by atoms with Gasteiger partial charge in [0.25, 0.3) is 0 Å². The largest absolute Gasteiger partial charge is 0.313 e. The van der Waals surface area contributed by atoms with Crippen molar-refractivity contribution in [3.63, 3.8) is 0 Å². The van der Waals surface area contributed by atoms with Crippen LogP contribution in [-0.4, -0.2) is 20.8 Å². The molecule has 0 spiro atoms. The summed E-state index contributed by atoms with van der Waals surface area (Å²) in [5.74, 6) is 0.173. The van der Waals surface area contributed by atoms with E-state index in [0.717, 1.165) is 68.0 Å². The zero-order valence-electron chi connectivity index (χ0n) is 34.2. The third kappa shape index (κ3) is 5.38. The predicted octanol–water partition coefficient (Wildman–Crippen LogP) is 14.7. The second kappa shape index (κ2) is 13.5. The number of fused-ring (bicyclic) bond motifs is 11. The molecular formula is C57H42N4. The average Bonchev–Trinajstić information content (AvgIpc) is 3.90. The van der Waals surface area contributed by atoms with Crippen LogP contribution in [0.25, 0.3) is 88.4 Å². The maximum Gasteiger partial charge on any atom is 0.227 e. The minimum Gasteiger partial charge on any atom is -0.313 e. The molecule has 3 aliphatic rings. The smallest absolute Gasteiger partial charge is 0.227 e. The Morgan fingerprint density at radius 3 is 2.18 bits per heavy atom. The molecule has 0 saturated carbocycles. The maximum absolute atomic E-state index is 9.81. The van der Waals surface area contributed by atoms with Gasteiger partial charge in [0, 0.05) is 38.2 Å². The highest BCUT2D eigenvalue weighted by atomic mass is 15.1. The molecule has 0 atom stereocenters. The summed E-state index contributed by atoms with van der Waals surface area (Å²) in [6, 6.07) is 50.7. The molecule has 9 aromatic rings. The van der Waals surface area contributed by atoms with Crippen LogP contribution in [0.5, 0.6) is 0 Å². The minimum absolute atomic E-state index is 0.0872. The lowest BCUT2D eigenvalue weighted by atomic mass is 9.82. The fourth-order valence-electron chi connectivity index (χ4n) is 10.4. The van der Waals surface area contributed by atoms with E-state index in [-0.39, 0.29) is 11.4 Å². The van der Waals surface area contributed by atoms with Crippen molar-refractivity contribution in [2.45, 2.75) is 32.1 Å². The molecule has 4 nitrogen and oxygen atoms in total. The number of allylic oxidation sites excluding steroid dienone is 9. The van der Waals surface area contributed by atoms with Gasteiger partial charge in [-0.3, -0.25) is 9.98 Å². The Kier molecular flexibility index (Phi) is 7.82. The Balaban J connectivity index is 1.02. The third-order valence-corrected chi connectivity index (χ3v) is 13.2. The maximum atomic E-state index is 9.81. The summed E-state index contributed by atoms with van der Waals surface area (Å²) in [6.45, 7) is 4.63. The van der Waals surface area contributed by atoms with E-state index in [0.29, 0.717) is 0 Å². The molecule has 0 saturated heterocycles. The van der Waals surface area contributed by atoms with Crippen LogP contribution in [0.1, 0.15) is 43.4 Å². The molecular weight excluding hydrogens is 741 g/mol. The Morgan fingerprint density at radius 1 is 0.607 bits per heavy atom. The summed E-state index contributed by atoms with van der Waals surface area (Å²) in [5.41, 5.74) is 16.0. The molecule has 3 aliphatic carbocycles. The second-order valence-electron chi connectivity index (χ2n) is 17.0. The summed E-state index contributed by atoms with van der Waals surface area (Å²) in [4.78, 5) is 5.14. The number of nitrogens with one attached hydrogen (secondary N) is 1. The van der Waals surface area contributed by atoms with E-state index in [1.807, 2.05) is 16.7 Å². The summed E-state index contributed by atoms with van der Waals surface area (Å²) in [5, 5.41) is 16.9. The number of para-hydroxylation sites is 2. The standard InChI is InChI=1S/C57H42N4/c1-57(2)48-24-12-9-20-41(48)42-30-28-36(33-49(42)57)32-38-16-6-13-25-50(38)59-56(58)61-52-27-15-11-23-46(52)55-45-22-8-7-19-40(45)47(35-54(55)61)37-29-31-44-43-21-10-14-26-51(43)60(53(44)34-37)39-17-4-3-5-18-39/h3-4,6-17,19-35,58H,5,18H2,1-2H3/b38-32+,58-56?,59-50-. The van der Waals surface area contributed by atoms with Gasteiger partial charge < -0.3 is 4.57 Å². The van der Waals surface area contributed by atoms with Gasteiger partial charge in [0.15, 0.2) is 0 Å². The minimum atomic E-state index is -0.0872. The van der Waals surface area contributed by atoms with E-state index < -0.39 is 0 Å². The van der Waals surface area contributed by atoms with Gasteiger partial charge in [0.05, 0.1) is 27.8 Å². The molecule has 0 aliphatic heterocycles. The summed E-state index contributed by atoms with van der Waals surface area (Å²) < 4.78 is 4.50. The molecule has 0 radical (unpaired) electrons. The molecule has 7 aromatic carbocycles. The van der Waals surface area contributed by atoms with Crippen molar-refractivity contribution < 1.29 is 0 Å². The highest BCUT2D eigenvalue weighted by Crippen LogP contribution is 2.49. The van der Waals surface area contributed by atoms with Gasteiger partial charge in [0.1, 0.15) is 0 Å². The zero-order valence-corrected chi connectivity index (χ0v) is 34.2. The number of hydrogen-bond acceptors (Lipinski definition) is 1. The van der Waals surface area contributed by atoms with Crippen molar-refractivity contribution in [2.75, 3.05) is 0 Å². The number of benzene rings is 7. The van der Waals surface area contributed by atoms with Gasteiger partial charge in [-0.25, -0.2) is 4.99 Å². The zero-order chi connectivity index (χ0) is 40.8. The monoisotopic (exact) mass is 782 g/mol. The van der Waals surface area contributed by atoms with Gasteiger partial charge in [-0.1, -0.05) is 159 Å². The first kappa shape index (κ1) is 35.4. The lowest BCUT2D eigenvalue weighted by molar-refractivity contribution is 0.660. The van der Waals surface area contributed by atoms with Crippen molar-refractivity contribution in [3.05, 3.63) is 204 Å². The Morgan fingerprint density at radius 2 is 1.33 bits per heavy atom. The van der Waals surface area contributed by atoms with E-state index in [4.69, 9.17) is 4.99 Å². The highest BCUT2D eigenvalue weighted by molar-refractivity contribution is 6.27. The summed E-state index contributed by atoms with van der Waals surface area (Å²) in [7, 11) is 0. The van der Waals surface area contributed by atoms with Crippen LogP contribution < -0.4 is 0 Å². The average molecular weight is 783 g/mol. The number of hydrogen-bond donors (Lipinski definition) is 1. The number of aliphatic imine (C=N–C) groups is 1. The van der Waals surface area contributed by atoms with Crippen LogP contribution in [-0.2, 0) is 5.41 Å². The molecule has 12 rings (SSSR count). The normalized spacial score (nSPS) is 16.7. The van der Waals surface area contributed by atoms with Crippen LogP contribution in [0.4, 0.5) is 0 Å². The van der Waals surface area contributed by atoms with Crippen LogP contribution in [0, 0.1) is 5.41 Å². The molecule has 61 heavy (non-hydrogen) atoms. The number of rotatable bonds is 3. The molecule has 1 N–H and O–H groups in total. The van der Waals surface area contributed by atoms with Crippen LogP contribution >= 0.6 is 0 Å². The van der Waals surface area contributed by atoms with Crippen molar-refractivity contribution in [1.29, 1.82) is 5.41 Å². The highest BCUT2D eigenvalue weighted by Gasteiger charge is 2.35. The molecule has 2 aromatic heterocycles. The first-order valence-corrected chi connectivity index (χ1v) is 21.3. The number of aromatic nitrogens is 2. The fraction of sp³-hybridized carbons (Fsp3) is 0.0877. The molecule has 4 heteroatoms. The van der Waals surface area contributed by atoms with Crippen LogP contribution in [0.2, 0.25) is 0 Å². The molecule has 2 heterocycles. The van der Waals surface area contributed by atoms with E-state index in [2.05, 4.69) is 194 Å². The summed E-state index contributed by atoms with van der Waals surface area (Å²) in [6.07, 6.45) is 19.1. The van der Waals surface area contributed by atoms with Gasteiger partial charge in [-0.15, -0.1) is 0 Å². The molecule has 0 amide bonds. The van der Waals surface area contributed by atoms with Gasteiger partial charge in [-0.05, 0) is 105 Å². The molecule has 290 valence electrons. The third-order valence-electron chi connectivity index (χ3n) is 13.2. The molecule has 0 fully saturated rings. The van der Waals surface area contributed by atoms with Crippen molar-refractivity contribution >= 4 is 77.8 Å².